The van der Waals surface area contributed by atoms with Gasteiger partial charge in [-0.1, -0.05) is 18.6 Å². The number of carbonyl (C=O) groups excluding carboxylic acids is 1. The summed E-state index contributed by atoms with van der Waals surface area (Å²) in [5.74, 6) is 1.40. The van der Waals surface area contributed by atoms with Crippen molar-refractivity contribution >= 4 is 17.5 Å². The Kier molecular flexibility index (Phi) is 6.37. The molecule has 2 atom stereocenters. The first kappa shape index (κ1) is 16.2. The standard InChI is InChI=1S/C17H24ClNO2/c1-13-4-2-7-16(10-13)21-9-8-17(20)19-12-14-5-3-6-15(18)11-14/h2,4,7,10,14-15H,3,5-6,8-9,11-12H2,1H3,(H,19,20). The normalized spacial score (nSPS) is 21.8. The Hall–Kier alpha value is -1.22. The van der Waals surface area contributed by atoms with E-state index in [0.717, 1.165) is 30.7 Å². The van der Waals surface area contributed by atoms with Crippen LogP contribution < -0.4 is 10.1 Å². The lowest BCUT2D eigenvalue weighted by Crippen LogP contribution is -2.32. The highest BCUT2D eigenvalue weighted by molar-refractivity contribution is 6.20. The van der Waals surface area contributed by atoms with Crippen LogP contribution in [0.3, 0.4) is 0 Å². The van der Waals surface area contributed by atoms with Gasteiger partial charge in [-0.2, -0.15) is 0 Å². The predicted octanol–water partition coefficient (Wildman–Crippen LogP) is 3.68. The average Bonchev–Trinajstić information content (AvgIpc) is 2.45. The van der Waals surface area contributed by atoms with Crippen LogP contribution in [0.15, 0.2) is 24.3 Å². The molecule has 3 nitrogen and oxygen atoms in total. The molecule has 21 heavy (non-hydrogen) atoms. The monoisotopic (exact) mass is 309 g/mol. The maximum atomic E-state index is 11.8. The predicted molar refractivity (Wildman–Crippen MR) is 85.9 cm³/mol. The number of ether oxygens (including phenoxy) is 1. The van der Waals surface area contributed by atoms with Crippen LogP contribution in [0, 0.1) is 12.8 Å². The number of benzene rings is 1. The SMILES string of the molecule is Cc1cccc(OCCC(=O)NCC2CCCC(Cl)C2)c1. The van der Waals surface area contributed by atoms with Gasteiger partial charge in [0.1, 0.15) is 5.75 Å². The molecule has 0 radical (unpaired) electrons. The molecule has 0 bridgehead atoms. The lowest BCUT2D eigenvalue weighted by atomic mass is 9.89. The molecular formula is C17H24ClNO2. The van der Waals surface area contributed by atoms with E-state index in [1.54, 1.807) is 0 Å². The summed E-state index contributed by atoms with van der Waals surface area (Å²) in [5.41, 5.74) is 1.16. The van der Waals surface area contributed by atoms with Gasteiger partial charge in [0.15, 0.2) is 0 Å². The molecule has 1 aromatic carbocycles. The number of halogens is 1. The quantitative estimate of drug-likeness (QED) is 0.814. The molecule has 2 rings (SSSR count). The van der Waals surface area contributed by atoms with Crippen LogP contribution in [0.1, 0.15) is 37.7 Å². The summed E-state index contributed by atoms with van der Waals surface area (Å²) < 4.78 is 5.58. The number of hydrogen-bond donors (Lipinski definition) is 1. The van der Waals surface area contributed by atoms with Crippen LogP contribution in [0.2, 0.25) is 0 Å². The van der Waals surface area contributed by atoms with Crippen molar-refractivity contribution in [1.29, 1.82) is 0 Å². The molecule has 0 aromatic heterocycles. The van der Waals surface area contributed by atoms with Crippen molar-refractivity contribution in [1.82, 2.24) is 5.32 Å². The molecule has 0 aliphatic heterocycles. The third-order valence-corrected chi connectivity index (χ3v) is 4.29. The zero-order valence-corrected chi connectivity index (χ0v) is 13.4. The van der Waals surface area contributed by atoms with E-state index in [1.807, 2.05) is 31.2 Å². The van der Waals surface area contributed by atoms with Crippen molar-refractivity contribution in [2.24, 2.45) is 5.92 Å². The van der Waals surface area contributed by atoms with Crippen LogP contribution in [0.25, 0.3) is 0 Å². The molecule has 1 amide bonds. The third-order valence-electron chi connectivity index (χ3n) is 3.89. The molecule has 4 heteroatoms. The van der Waals surface area contributed by atoms with Gasteiger partial charge < -0.3 is 10.1 Å². The molecule has 1 aliphatic rings. The lowest BCUT2D eigenvalue weighted by Gasteiger charge is -2.25. The van der Waals surface area contributed by atoms with Crippen LogP contribution in [0.5, 0.6) is 5.75 Å². The maximum absolute atomic E-state index is 11.8. The second kappa shape index (κ2) is 8.28. The zero-order valence-electron chi connectivity index (χ0n) is 12.6. The fourth-order valence-corrected chi connectivity index (χ4v) is 3.13. The summed E-state index contributed by atoms with van der Waals surface area (Å²) in [6.45, 7) is 3.18. The minimum absolute atomic E-state index is 0.0550. The fraction of sp³-hybridized carbons (Fsp3) is 0.588. The zero-order chi connectivity index (χ0) is 15.1. The average molecular weight is 310 g/mol. The van der Waals surface area contributed by atoms with E-state index < -0.39 is 0 Å². The number of hydrogen-bond acceptors (Lipinski definition) is 2. The number of nitrogens with one attached hydrogen (secondary N) is 1. The highest BCUT2D eigenvalue weighted by Gasteiger charge is 2.20. The van der Waals surface area contributed by atoms with Gasteiger partial charge in [0.2, 0.25) is 5.91 Å². The highest BCUT2D eigenvalue weighted by Crippen LogP contribution is 2.27. The molecule has 1 aromatic rings. The molecule has 1 saturated carbocycles. The van der Waals surface area contributed by atoms with Gasteiger partial charge in [0, 0.05) is 11.9 Å². The van der Waals surface area contributed by atoms with E-state index >= 15 is 0 Å². The van der Waals surface area contributed by atoms with Crippen molar-refractivity contribution in [3.8, 4) is 5.75 Å². The van der Waals surface area contributed by atoms with Gasteiger partial charge in [0.25, 0.3) is 0 Å². The van der Waals surface area contributed by atoms with Crippen LogP contribution in [-0.4, -0.2) is 24.4 Å². The number of carbonyl (C=O) groups is 1. The summed E-state index contributed by atoms with van der Waals surface area (Å²) in [5, 5.41) is 3.28. The van der Waals surface area contributed by atoms with Gasteiger partial charge >= 0.3 is 0 Å². The van der Waals surface area contributed by atoms with E-state index in [0.29, 0.717) is 18.9 Å². The molecule has 1 aliphatic carbocycles. The van der Waals surface area contributed by atoms with Gasteiger partial charge in [-0.25, -0.2) is 0 Å². The Bertz CT molecular complexity index is 464. The summed E-state index contributed by atoms with van der Waals surface area (Å²) >= 11 is 6.16. The maximum Gasteiger partial charge on any atom is 0.223 e. The second-order valence-corrected chi connectivity index (χ2v) is 6.47. The smallest absolute Gasteiger partial charge is 0.223 e. The molecule has 116 valence electrons. The van der Waals surface area contributed by atoms with E-state index in [1.165, 1.54) is 12.8 Å². The molecule has 2 unspecified atom stereocenters. The molecule has 0 saturated heterocycles. The van der Waals surface area contributed by atoms with Crippen molar-refractivity contribution in [3.05, 3.63) is 29.8 Å². The minimum Gasteiger partial charge on any atom is -0.493 e. The number of rotatable bonds is 6. The topological polar surface area (TPSA) is 38.3 Å². The van der Waals surface area contributed by atoms with Crippen LogP contribution >= 0.6 is 11.6 Å². The molecule has 0 spiro atoms. The van der Waals surface area contributed by atoms with E-state index in [2.05, 4.69) is 5.32 Å². The van der Waals surface area contributed by atoms with E-state index in [-0.39, 0.29) is 11.3 Å². The molecular weight excluding hydrogens is 286 g/mol. The molecule has 0 heterocycles. The van der Waals surface area contributed by atoms with Crippen LogP contribution in [0.4, 0.5) is 0 Å². The van der Waals surface area contributed by atoms with Gasteiger partial charge in [-0.15, -0.1) is 11.6 Å². The van der Waals surface area contributed by atoms with E-state index in [9.17, 15) is 4.79 Å². The molecule has 1 fully saturated rings. The Morgan fingerprint density at radius 3 is 3.05 bits per heavy atom. The van der Waals surface area contributed by atoms with Crippen molar-refractivity contribution in [3.63, 3.8) is 0 Å². The highest BCUT2D eigenvalue weighted by atomic mass is 35.5. The Labute approximate surface area is 132 Å². The minimum atomic E-state index is 0.0550. The summed E-state index contributed by atoms with van der Waals surface area (Å²) in [6.07, 6.45) is 4.86. The summed E-state index contributed by atoms with van der Waals surface area (Å²) in [4.78, 5) is 11.8. The van der Waals surface area contributed by atoms with Gasteiger partial charge in [0.05, 0.1) is 13.0 Å². The number of aryl methyl sites for hydroxylation is 1. The lowest BCUT2D eigenvalue weighted by molar-refractivity contribution is -0.121. The fourth-order valence-electron chi connectivity index (χ4n) is 2.72. The van der Waals surface area contributed by atoms with E-state index in [4.69, 9.17) is 16.3 Å². The number of alkyl halides is 1. The van der Waals surface area contributed by atoms with Crippen LogP contribution in [-0.2, 0) is 4.79 Å². The van der Waals surface area contributed by atoms with Crippen molar-refractivity contribution < 1.29 is 9.53 Å². The summed E-state index contributed by atoms with van der Waals surface area (Å²) in [7, 11) is 0. The first-order valence-electron chi connectivity index (χ1n) is 7.73. The van der Waals surface area contributed by atoms with Gasteiger partial charge in [-0.05, 0) is 49.8 Å². The Balaban J connectivity index is 1.61. The Morgan fingerprint density at radius 1 is 1.43 bits per heavy atom. The van der Waals surface area contributed by atoms with Crippen molar-refractivity contribution in [2.75, 3.05) is 13.2 Å². The Morgan fingerprint density at radius 2 is 2.29 bits per heavy atom. The number of amides is 1. The van der Waals surface area contributed by atoms with Gasteiger partial charge in [-0.3, -0.25) is 4.79 Å². The summed E-state index contributed by atoms with van der Waals surface area (Å²) in [6, 6.07) is 7.86. The first-order valence-corrected chi connectivity index (χ1v) is 8.17. The largest absolute Gasteiger partial charge is 0.493 e. The second-order valence-electron chi connectivity index (χ2n) is 5.85. The van der Waals surface area contributed by atoms with Crippen molar-refractivity contribution in [2.45, 2.75) is 44.4 Å². The first-order chi connectivity index (χ1) is 10.1. The molecule has 1 N–H and O–H groups in total. The third kappa shape index (κ3) is 5.96.